The molecule has 1 fully saturated rings. The zero-order valence-corrected chi connectivity index (χ0v) is 20.0. The number of halogens is 1. The van der Waals surface area contributed by atoms with Crippen molar-refractivity contribution in [1.82, 2.24) is 14.5 Å². The van der Waals surface area contributed by atoms with Crippen molar-refractivity contribution in [3.63, 3.8) is 0 Å². The number of carbonyl (C=O) groups excluding carboxylic acids is 1. The fourth-order valence-corrected chi connectivity index (χ4v) is 5.54. The average Bonchev–Trinajstić information content (AvgIpc) is 3.20. The summed E-state index contributed by atoms with van der Waals surface area (Å²) in [7, 11) is 0. The lowest BCUT2D eigenvalue weighted by molar-refractivity contribution is -0.113. The summed E-state index contributed by atoms with van der Waals surface area (Å²) in [6.07, 6.45) is 3.47. The summed E-state index contributed by atoms with van der Waals surface area (Å²) in [5.41, 5.74) is 1.22. The summed E-state index contributed by atoms with van der Waals surface area (Å²) in [5.74, 6) is -0.622. The van der Waals surface area contributed by atoms with E-state index in [0.29, 0.717) is 26.8 Å². The van der Waals surface area contributed by atoms with Gasteiger partial charge in [-0.3, -0.25) is 14.2 Å². The minimum absolute atomic E-state index is 0.0449. The number of thiazole rings is 1. The van der Waals surface area contributed by atoms with Gasteiger partial charge in [0.15, 0.2) is 15.9 Å². The second-order valence-corrected chi connectivity index (χ2v) is 10.1. The first-order valence-electron chi connectivity index (χ1n) is 10.7. The number of amides is 1. The zero-order chi connectivity index (χ0) is 22.8. The van der Waals surface area contributed by atoms with Crippen LogP contribution in [0.15, 0.2) is 28.2 Å². The average molecular weight is 476 g/mol. The highest BCUT2D eigenvalue weighted by atomic mass is 32.2. The van der Waals surface area contributed by atoms with Crippen LogP contribution in [0, 0.1) is 12.7 Å². The van der Waals surface area contributed by atoms with Crippen LogP contribution >= 0.6 is 23.1 Å². The number of hydrogen-bond donors (Lipinski definition) is 1. The van der Waals surface area contributed by atoms with E-state index in [1.165, 1.54) is 35.6 Å². The Labute approximate surface area is 194 Å². The van der Waals surface area contributed by atoms with E-state index in [1.807, 2.05) is 13.8 Å². The number of nitrogens with one attached hydrogen (secondary N) is 1. The molecule has 10 heteroatoms. The molecule has 0 unspecified atom stereocenters. The van der Waals surface area contributed by atoms with Gasteiger partial charge in [-0.1, -0.05) is 29.2 Å². The molecule has 1 N–H and O–H groups in total. The number of nitrogens with zero attached hydrogens (tertiary/aromatic N) is 4. The summed E-state index contributed by atoms with van der Waals surface area (Å²) < 4.78 is 15.9. The summed E-state index contributed by atoms with van der Waals surface area (Å²) in [6.45, 7) is 7.39. The van der Waals surface area contributed by atoms with Gasteiger partial charge in [-0.15, -0.1) is 0 Å². The second kappa shape index (κ2) is 9.58. The van der Waals surface area contributed by atoms with Crippen molar-refractivity contribution in [3.05, 3.63) is 39.9 Å². The van der Waals surface area contributed by atoms with Gasteiger partial charge in [0.1, 0.15) is 10.5 Å². The first kappa shape index (κ1) is 22.7. The topological polar surface area (TPSA) is 80.1 Å². The molecule has 0 radical (unpaired) electrons. The number of fused-ring (bicyclic) bond motifs is 1. The van der Waals surface area contributed by atoms with Crippen LogP contribution in [-0.4, -0.2) is 39.3 Å². The quantitative estimate of drug-likeness (QED) is 0.415. The molecule has 4 rings (SSSR count). The molecule has 7 nitrogen and oxygen atoms in total. The molecule has 1 saturated heterocycles. The van der Waals surface area contributed by atoms with Crippen molar-refractivity contribution in [3.8, 4) is 0 Å². The summed E-state index contributed by atoms with van der Waals surface area (Å²) in [4.78, 5) is 37.1. The number of hydrogen-bond acceptors (Lipinski definition) is 7. The van der Waals surface area contributed by atoms with E-state index < -0.39 is 0 Å². The third-order valence-electron chi connectivity index (χ3n) is 5.35. The maximum absolute atomic E-state index is 13.7. The van der Waals surface area contributed by atoms with Gasteiger partial charge in [-0.2, -0.15) is 4.98 Å². The van der Waals surface area contributed by atoms with Gasteiger partial charge in [0.05, 0.1) is 5.75 Å². The maximum Gasteiger partial charge on any atom is 0.274 e. The van der Waals surface area contributed by atoms with Crippen LogP contribution in [-0.2, 0) is 4.79 Å². The molecule has 0 atom stereocenters. The summed E-state index contributed by atoms with van der Waals surface area (Å²) in [5, 5.41) is 3.98. The Kier molecular flexibility index (Phi) is 6.80. The number of rotatable bonds is 6. The van der Waals surface area contributed by atoms with E-state index >= 15 is 0 Å². The Morgan fingerprint density at radius 3 is 2.69 bits per heavy atom. The molecule has 0 spiro atoms. The largest absolute Gasteiger partial charge is 0.348 e. The predicted octanol–water partition coefficient (Wildman–Crippen LogP) is 4.60. The Morgan fingerprint density at radius 1 is 1.25 bits per heavy atom. The van der Waals surface area contributed by atoms with Gasteiger partial charge in [-0.05, 0) is 57.7 Å². The third-order valence-corrected chi connectivity index (χ3v) is 7.40. The lowest BCUT2D eigenvalue weighted by atomic mass is 10.1. The standard InChI is InChI=1S/C22H26FN5O2S2/c1-13(2)28-20(30)18-19(25-21(32-18)27-9-5-4-6-10-27)26-22(28)31-12-17(29)24-15-8-7-14(3)16(23)11-15/h7-8,11,13H,4-6,9-10,12H2,1-3H3,(H,24,29). The van der Waals surface area contributed by atoms with Crippen molar-refractivity contribution in [2.45, 2.75) is 51.2 Å². The molecular formula is C22H26FN5O2S2. The predicted molar refractivity (Wildman–Crippen MR) is 129 cm³/mol. The molecule has 3 heterocycles. The van der Waals surface area contributed by atoms with E-state index in [-0.39, 0.29) is 29.1 Å². The van der Waals surface area contributed by atoms with E-state index in [4.69, 9.17) is 0 Å². The molecule has 3 aromatic rings. The van der Waals surface area contributed by atoms with E-state index in [0.717, 1.165) is 31.1 Å². The first-order valence-corrected chi connectivity index (χ1v) is 12.5. The molecular weight excluding hydrogens is 449 g/mol. The normalized spacial score (nSPS) is 14.3. The first-order chi connectivity index (χ1) is 15.3. The van der Waals surface area contributed by atoms with Crippen LogP contribution in [0.5, 0.6) is 0 Å². The SMILES string of the molecule is Cc1ccc(NC(=O)CSc2nc3nc(N4CCCCC4)sc3c(=O)n2C(C)C)cc1F. The van der Waals surface area contributed by atoms with Gasteiger partial charge >= 0.3 is 0 Å². The molecule has 1 aliphatic rings. The molecule has 0 bridgehead atoms. The van der Waals surface area contributed by atoms with Crippen LogP contribution < -0.4 is 15.8 Å². The number of aromatic nitrogens is 3. The van der Waals surface area contributed by atoms with Crippen molar-refractivity contribution in [1.29, 1.82) is 0 Å². The highest BCUT2D eigenvalue weighted by molar-refractivity contribution is 7.99. The Hall–Kier alpha value is -2.46. The molecule has 32 heavy (non-hydrogen) atoms. The molecule has 1 amide bonds. The Bertz CT molecular complexity index is 1200. The molecule has 170 valence electrons. The summed E-state index contributed by atoms with van der Waals surface area (Å²) in [6, 6.07) is 4.46. The fourth-order valence-electron chi connectivity index (χ4n) is 3.63. The number of thioether (sulfide) groups is 1. The fraction of sp³-hybridized carbons (Fsp3) is 0.455. The Morgan fingerprint density at radius 2 is 2.00 bits per heavy atom. The third kappa shape index (κ3) is 4.80. The number of piperidine rings is 1. The Balaban J connectivity index is 1.56. The number of aryl methyl sites for hydroxylation is 1. The van der Waals surface area contributed by atoms with Gasteiger partial charge in [-0.25, -0.2) is 9.37 Å². The molecule has 1 aromatic carbocycles. The van der Waals surface area contributed by atoms with Gasteiger partial charge in [0.25, 0.3) is 5.56 Å². The van der Waals surface area contributed by atoms with Crippen LogP contribution in [0.3, 0.4) is 0 Å². The van der Waals surface area contributed by atoms with Gasteiger partial charge in [0, 0.05) is 24.8 Å². The van der Waals surface area contributed by atoms with Crippen molar-refractivity contribution in [2.75, 3.05) is 29.1 Å². The van der Waals surface area contributed by atoms with E-state index in [9.17, 15) is 14.0 Å². The monoisotopic (exact) mass is 475 g/mol. The van der Waals surface area contributed by atoms with Crippen LogP contribution in [0.4, 0.5) is 15.2 Å². The van der Waals surface area contributed by atoms with E-state index in [1.54, 1.807) is 23.6 Å². The van der Waals surface area contributed by atoms with Crippen LogP contribution in [0.2, 0.25) is 0 Å². The molecule has 2 aromatic heterocycles. The summed E-state index contributed by atoms with van der Waals surface area (Å²) >= 11 is 2.58. The molecule has 1 aliphatic heterocycles. The van der Waals surface area contributed by atoms with Crippen molar-refractivity contribution < 1.29 is 9.18 Å². The highest BCUT2D eigenvalue weighted by Crippen LogP contribution is 2.30. The smallest absolute Gasteiger partial charge is 0.274 e. The number of anilines is 2. The van der Waals surface area contributed by atoms with Gasteiger partial charge in [0.2, 0.25) is 5.91 Å². The minimum Gasteiger partial charge on any atom is -0.348 e. The zero-order valence-electron chi connectivity index (χ0n) is 18.4. The van der Waals surface area contributed by atoms with Crippen LogP contribution in [0.25, 0.3) is 10.3 Å². The minimum atomic E-state index is -0.371. The van der Waals surface area contributed by atoms with Gasteiger partial charge < -0.3 is 10.2 Å². The van der Waals surface area contributed by atoms with Crippen molar-refractivity contribution >= 4 is 50.2 Å². The van der Waals surface area contributed by atoms with Crippen LogP contribution in [0.1, 0.15) is 44.7 Å². The second-order valence-electron chi connectivity index (χ2n) is 8.16. The number of carbonyl (C=O) groups is 1. The lowest BCUT2D eigenvalue weighted by Gasteiger charge is -2.25. The number of benzene rings is 1. The lowest BCUT2D eigenvalue weighted by Crippen LogP contribution is -2.29. The molecule has 0 aliphatic carbocycles. The van der Waals surface area contributed by atoms with E-state index in [2.05, 4.69) is 20.2 Å². The molecule has 0 saturated carbocycles. The maximum atomic E-state index is 13.7. The van der Waals surface area contributed by atoms with Crippen molar-refractivity contribution in [2.24, 2.45) is 0 Å². The highest BCUT2D eigenvalue weighted by Gasteiger charge is 2.21.